The van der Waals surface area contributed by atoms with Gasteiger partial charge >= 0.3 is 0 Å². The van der Waals surface area contributed by atoms with E-state index in [0.717, 1.165) is 16.5 Å². The van der Waals surface area contributed by atoms with E-state index in [9.17, 15) is 4.79 Å². The Labute approximate surface area is 118 Å². The van der Waals surface area contributed by atoms with Gasteiger partial charge in [-0.2, -0.15) is 0 Å². The summed E-state index contributed by atoms with van der Waals surface area (Å²) in [6, 6.07) is 8.19. The Balaban J connectivity index is 1.95. The van der Waals surface area contributed by atoms with Crippen LogP contribution in [0.15, 0.2) is 43.1 Å². The minimum Gasteiger partial charge on any atom is -0.395 e. The van der Waals surface area contributed by atoms with Crippen LogP contribution in [0.25, 0.3) is 10.9 Å². The average Bonchev–Trinajstić information content (AvgIpc) is 2.92. The topological polar surface area (TPSA) is 56.3 Å². The summed E-state index contributed by atoms with van der Waals surface area (Å²) in [7, 11) is 0. The summed E-state index contributed by atoms with van der Waals surface area (Å²) in [6.45, 7) is 4.46. The van der Waals surface area contributed by atoms with Gasteiger partial charge in [-0.25, -0.2) is 0 Å². The molecule has 4 heteroatoms. The summed E-state index contributed by atoms with van der Waals surface area (Å²) < 4.78 is 0. The molecule has 0 aliphatic heterocycles. The fourth-order valence-corrected chi connectivity index (χ4v) is 2.26. The number of nitrogens with zero attached hydrogens (tertiary/aromatic N) is 1. The monoisotopic (exact) mass is 272 g/mol. The normalized spacial score (nSPS) is 10.7. The van der Waals surface area contributed by atoms with Gasteiger partial charge in [0.15, 0.2) is 0 Å². The predicted molar refractivity (Wildman–Crippen MR) is 80.5 cm³/mol. The van der Waals surface area contributed by atoms with E-state index in [0.29, 0.717) is 25.9 Å². The molecule has 106 valence electrons. The van der Waals surface area contributed by atoms with E-state index in [1.54, 1.807) is 11.0 Å². The van der Waals surface area contributed by atoms with Crippen molar-refractivity contribution in [3.05, 3.63) is 48.7 Å². The summed E-state index contributed by atoms with van der Waals surface area (Å²) in [5, 5.41) is 10.1. The minimum atomic E-state index is -0.0190. The van der Waals surface area contributed by atoms with Crippen LogP contribution < -0.4 is 0 Å². The van der Waals surface area contributed by atoms with Gasteiger partial charge in [0.2, 0.25) is 5.91 Å². The number of aliphatic hydroxyl groups is 1. The van der Waals surface area contributed by atoms with E-state index in [4.69, 9.17) is 5.11 Å². The Kier molecular flexibility index (Phi) is 4.96. The third-order valence-corrected chi connectivity index (χ3v) is 3.32. The first-order valence-corrected chi connectivity index (χ1v) is 6.80. The number of carbonyl (C=O) groups is 1. The van der Waals surface area contributed by atoms with Crippen molar-refractivity contribution >= 4 is 16.8 Å². The van der Waals surface area contributed by atoms with Crippen molar-refractivity contribution in [2.45, 2.75) is 12.8 Å². The van der Waals surface area contributed by atoms with Gasteiger partial charge in [0.05, 0.1) is 6.61 Å². The molecular weight excluding hydrogens is 252 g/mol. The number of hydrogen-bond acceptors (Lipinski definition) is 2. The summed E-state index contributed by atoms with van der Waals surface area (Å²) in [5.41, 5.74) is 2.25. The van der Waals surface area contributed by atoms with Gasteiger partial charge in [-0.15, -0.1) is 6.58 Å². The largest absolute Gasteiger partial charge is 0.395 e. The van der Waals surface area contributed by atoms with E-state index in [1.807, 2.05) is 24.4 Å². The molecule has 2 aromatic rings. The molecule has 0 fully saturated rings. The summed E-state index contributed by atoms with van der Waals surface area (Å²) in [4.78, 5) is 16.8. The second-order valence-corrected chi connectivity index (χ2v) is 4.75. The lowest BCUT2D eigenvalue weighted by Crippen LogP contribution is -2.33. The molecule has 0 atom stereocenters. The van der Waals surface area contributed by atoms with Crippen LogP contribution in [-0.4, -0.2) is 40.6 Å². The number of H-pyrrole nitrogens is 1. The average molecular weight is 272 g/mol. The number of benzene rings is 1. The standard InChI is InChI=1S/C16H20N2O2/c1-2-9-18(10-11-19)16(20)6-4-13-3-5-15-14(12-13)7-8-17-15/h2-3,5,7-8,12,17,19H,1,4,6,9-11H2. The first-order chi connectivity index (χ1) is 9.74. The zero-order valence-electron chi connectivity index (χ0n) is 11.5. The number of rotatable bonds is 7. The highest BCUT2D eigenvalue weighted by Gasteiger charge is 2.11. The quantitative estimate of drug-likeness (QED) is 0.758. The van der Waals surface area contributed by atoms with Gasteiger partial charge in [0.1, 0.15) is 0 Å². The first-order valence-electron chi connectivity index (χ1n) is 6.80. The summed E-state index contributed by atoms with van der Waals surface area (Å²) in [5.74, 6) is 0.0492. The molecule has 0 unspecified atom stereocenters. The molecule has 1 aromatic heterocycles. The highest BCUT2D eigenvalue weighted by atomic mass is 16.3. The molecule has 20 heavy (non-hydrogen) atoms. The van der Waals surface area contributed by atoms with Crippen LogP contribution >= 0.6 is 0 Å². The van der Waals surface area contributed by atoms with E-state index in [-0.39, 0.29) is 12.5 Å². The van der Waals surface area contributed by atoms with Crippen molar-refractivity contribution in [2.75, 3.05) is 19.7 Å². The Morgan fingerprint density at radius 1 is 1.40 bits per heavy atom. The number of amides is 1. The van der Waals surface area contributed by atoms with Gasteiger partial charge in [-0.05, 0) is 35.6 Å². The molecule has 1 amide bonds. The molecule has 1 aromatic carbocycles. The molecule has 0 saturated heterocycles. The van der Waals surface area contributed by atoms with Crippen LogP contribution in [0.2, 0.25) is 0 Å². The lowest BCUT2D eigenvalue weighted by Gasteiger charge is -2.19. The molecular formula is C16H20N2O2. The molecule has 4 nitrogen and oxygen atoms in total. The highest BCUT2D eigenvalue weighted by Crippen LogP contribution is 2.15. The zero-order chi connectivity index (χ0) is 14.4. The predicted octanol–water partition coefficient (Wildman–Crippen LogP) is 2.11. The van der Waals surface area contributed by atoms with Crippen LogP contribution in [0.1, 0.15) is 12.0 Å². The molecule has 0 radical (unpaired) electrons. The molecule has 2 rings (SSSR count). The number of aryl methyl sites for hydroxylation is 1. The van der Waals surface area contributed by atoms with Crippen LogP contribution in [-0.2, 0) is 11.2 Å². The Bertz CT molecular complexity index is 589. The van der Waals surface area contributed by atoms with Crippen LogP contribution in [0.4, 0.5) is 0 Å². The second kappa shape index (κ2) is 6.91. The molecule has 0 aliphatic carbocycles. The number of hydrogen-bond donors (Lipinski definition) is 2. The first kappa shape index (κ1) is 14.3. The zero-order valence-corrected chi connectivity index (χ0v) is 11.5. The lowest BCUT2D eigenvalue weighted by molar-refractivity contribution is -0.131. The van der Waals surface area contributed by atoms with E-state index < -0.39 is 0 Å². The van der Waals surface area contributed by atoms with Gasteiger partial charge in [0, 0.05) is 31.2 Å². The fraction of sp³-hybridized carbons (Fsp3) is 0.312. The van der Waals surface area contributed by atoms with Gasteiger partial charge in [-0.1, -0.05) is 12.1 Å². The van der Waals surface area contributed by atoms with Gasteiger partial charge < -0.3 is 15.0 Å². The van der Waals surface area contributed by atoms with Crippen molar-refractivity contribution in [3.8, 4) is 0 Å². The molecule has 0 bridgehead atoms. The minimum absolute atomic E-state index is 0.0190. The Morgan fingerprint density at radius 3 is 3.00 bits per heavy atom. The van der Waals surface area contributed by atoms with Crippen LogP contribution in [0, 0.1) is 0 Å². The maximum absolute atomic E-state index is 12.1. The maximum atomic E-state index is 12.1. The Morgan fingerprint density at radius 2 is 2.25 bits per heavy atom. The molecule has 0 spiro atoms. The third-order valence-electron chi connectivity index (χ3n) is 3.32. The van der Waals surface area contributed by atoms with Crippen LogP contribution in [0.3, 0.4) is 0 Å². The number of aliphatic hydroxyl groups excluding tert-OH is 1. The van der Waals surface area contributed by atoms with E-state index >= 15 is 0 Å². The molecule has 0 saturated carbocycles. The lowest BCUT2D eigenvalue weighted by atomic mass is 10.1. The number of carbonyl (C=O) groups excluding carboxylic acids is 1. The molecule has 0 aliphatic rings. The van der Waals surface area contributed by atoms with Crippen molar-refractivity contribution < 1.29 is 9.90 Å². The number of aromatic nitrogens is 1. The van der Waals surface area contributed by atoms with Crippen molar-refractivity contribution in [1.82, 2.24) is 9.88 Å². The van der Waals surface area contributed by atoms with Gasteiger partial charge in [0.25, 0.3) is 0 Å². The SMILES string of the molecule is C=CCN(CCO)C(=O)CCc1ccc2[nH]ccc2c1. The molecule has 2 N–H and O–H groups in total. The van der Waals surface area contributed by atoms with Crippen LogP contribution in [0.5, 0.6) is 0 Å². The number of aromatic amines is 1. The third kappa shape index (κ3) is 3.48. The van der Waals surface area contributed by atoms with E-state index in [1.165, 1.54) is 0 Å². The second-order valence-electron chi connectivity index (χ2n) is 4.75. The summed E-state index contributed by atoms with van der Waals surface area (Å²) in [6.07, 6.45) is 4.74. The Hall–Kier alpha value is -2.07. The van der Waals surface area contributed by atoms with E-state index in [2.05, 4.69) is 17.6 Å². The van der Waals surface area contributed by atoms with Crippen molar-refractivity contribution in [3.63, 3.8) is 0 Å². The van der Waals surface area contributed by atoms with Crippen molar-refractivity contribution in [2.24, 2.45) is 0 Å². The van der Waals surface area contributed by atoms with Crippen molar-refractivity contribution in [1.29, 1.82) is 0 Å². The highest BCUT2D eigenvalue weighted by molar-refractivity contribution is 5.80. The van der Waals surface area contributed by atoms with Gasteiger partial charge in [-0.3, -0.25) is 4.79 Å². The number of fused-ring (bicyclic) bond motifs is 1. The fourth-order valence-electron chi connectivity index (χ4n) is 2.26. The smallest absolute Gasteiger partial charge is 0.223 e. The number of nitrogens with one attached hydrogen (secondary N) is 1. The molecule has 1 heterocycles. The maximum Gasteiger partial charge on any atom is 0.223 e. The summed E-state index contributed by atoms with van der Waals surface area (Å²) >= 11 is 0.